The van der Waals surface area contributed by atoms with E-state index in [-0.39, 0.29) is 8.07 Å². The number of hydrogen-bond donors (Lipinski definition) is 0. The van der Waals surface area contributed by atoms with Gasteiger partial charge >= 0.3 is 0 Å². The van der Waals surface area contributed by atoms with E-state index in [9.17, 15) is 0 Å². The molecule has 2 heteroatoms. The molecule has 0 aromatic carbocycles. The minimum absolute atomic E-state index is 0.213. The van der Waals surface area contributed by atoms with Crippen LogP contribution >= 0.6 is 8.07 Å². The lowest BCUT2D eigenvalue weighted by atomic mass is 10.7. The van der Waals surface area contributed by atoms with Gasteiger partial charge in [-0.2, -0.15) is 0 Å². The maximum absolute atomic E-state index is 2.59. The van der Waals surface area contributed by atoms with Gasteiger partial charge in [-0.05, 0) is 33.5 Å². The molecule has 0 aliphatic carbocycles. The van der Waals surface area contributed by atoms with Crippen LogP contribution < -0.4 is 0 Å². The molecule has 62 valence electrons. The molecule has 0 saturated heterocycles. The average molecular weight is 161 g/mol. The summed E-state index contributed by atoms with van der Waals surface area (Å²) in [5, 5.41) is 0. The van der Waals surface area contributed by atoms with Crippen molar-refractivity contribution in [3.8, 4) is 0 Å². The van der Waals surface area contributed by atoms with Crippen LogP contribution in [0.4, 0.5) is 0 Å². The molecule has 0 bridgehead atoms. The van der Waals surface area contributed by atoms with E-state index in [1.807, 2.05) is 0 Å². The molecule has 0 amide bonds. The SMILES string of the molecule is CCN(CC)P(CC)CC. The first-order chi connectivity index (χ1) is 4.79. The summed E-state index contributed by atoms with van der Waals surface area (Å²) in [5.74, 6) is 0. The van der Waals surface area contributed by atoms with Gasteiger partial charge in [-0.25, -0.2) is 0 Å². The van der Waals surface area contributed by atoms with Crippen LogP contribution in [0.2, 0.25) is 0 Å². The van der Waals surface area contributed by atoms with E-state index in [1.54, 1.807) is 0 Å². The van der Waals surface area contributed by atoms with E-state index in [1.165, 1.54) is 25.4 Å². The lowest BCUT2D eigenvalue weighted by Crippen LogP contribution is -2.18. The summed E-state index contributed by atoms with van der Waals surface area (Å²) < 4.78 is 2.59. The molecule has 0 aromatic heterocycles. The Morgan fingerprint density at radius 3 is 1.40 bits per heavy atom. The highest BCUT2D eigenvalue weighted by molar-refractivity contribution is 7.55. The summed E-state index contributed by atoms with van der Waals surface area (Å²) in [5.41, 5.74) is 0. The molecule has 0 aromatic rings. The Bertz CT molecular complexity index is 57.7. The van der Waals surface area contributed by atoms with E-state index in [4.69, 9.17) is 0 Å². The molecule has 0 aliphatic heterocycles. The third kappa shape index (κ3) is 2.98. The Kier molecular flexibility index (Phi) is 6.36. The van der Waals surface area contributed by atoms with E-state index < -0.39 is 0 Å². The highest BCUT2D eigenvalue weighted by Gasteiger charge is 2.08. The molecular formula is C8H20NP. The van der Waals surface area contributed by atoms with Crippen molar-refractivity contribution in [1.29, 1.82) is 0 Å². The normalized spacial score (nSPS) is 11.4. The Hall–Kier alpha value is 0.390. The Balaban J connectivity index is 3.70. The smallest absolute Gasteiger partial charge is 0.000766 e. The van der Waals surface area contributed by atoms with E-state index in [0.29, 0.717) is 0 Å². The van der Waals surface area contributed by atoms with Crippen LogP contribution in [-0.2, 0) is 0 Å². The van der Waals surface area contributed by atoms with E-state index in [0.717, 1.165) is 0 Å². The Morgan fingerprint density at radius 1 is 0.900 bits per heavy atom. The van der Waals surface area contributed by atoms with Crippen molar-refractivity contribution in [3.05, 3.63) is 0 Å². The zero-order valence-corrected chi connectivity index (χ0v) is 8.62. The Morgan fingerprint density at radius 2 is 1.30 bits per heavy atom. The fourth-order valence-corrected chi connectivity index (χ4v) is 3.29. The van der Waals surface area contributed by atoms with Gasteiger partial charge in [0.25, 0.3) is 0 Å². The predicted molar refractivity (Wildman–Crippen MR) is 50.9 cm³/mol. The van der Waals surface area contributed by atoms with Gasteiger partial charge in [-0.15, -0.1) is 0 Å². The van der Waals surface area contributed by atoms with Crippen LogP contribution in [-0.4, -0.2) is 30.1 Å². The van der Waals surface area contributed by atoms with Crippen LogP contribution in [0.25, 0.3) is 0 Å². The first-order valence-electron chi connectivity index (χ1n) is 4.29. The van der Waals surface area contributed by atoms with E-state index >= 15 is 0 Å². The van der Waals surface area contributed by atoms with Crippen LogP contribution in [0.5, 0.6) is 0 Å². The second-order valence-corrected chi connectivity index (χ2v) is 5.12. The van der Waals surface area contributed by atoms with Gasteiger partial charge in [-0.1, -0.05) is 27.7 Å². The second kappa shape index (κ2) is 6.12. The molecule has 0 atom stereocenters. The van der Waals surface area contributed by atoms with Gasteiger partial charge in [0, 0.05) is 0 Å². The summed E-state index contributed by atoms with van der Waals surface area (Å²) in [6.07, 6.45) is 2.71. The zero-order chi connectivity index (χ0) is 7.98. The fraction of sp³-hybridized carbons (Fsp3) is 1.00. The highest BCUT2D eigenvalue weighted by Crippen LogP contribution is 2.38. The minimum Gasteiger partial charge on any atom is -0.283 e. The quantitative estimate of drug-likeness (QED) is 0.560. The molecule has 0 heterocycles. The fourth-order valence-electron chi connectivity index (χ4n) is 1.25. The van der Waals surface area contributed by atoms with E-state index in [2.05, 4.69) is 32.4 Å². The topological polar surface area (TPSA) is 3.24 Å². The van der Waals surface area contributed by atoms with Gasteiger partial charge < -0.3 is 0 Å². The molecule has 0 saturated carbocycles. The monoisotopic (exact) mass is 161 g/mol. The standard InChI is InChI=1S/C8H20NP/c1-5-9(6-2)10(7-3)8-4/h5-8H2,1-4H3. The second-order valence-electron chi connectivity index (χ2n) is 2.28. The largest absolute Gasteiger partial charge is 0.283 e. The van der Waals surface area contributed by atoms with Crippen molar-refractivity contribution < 1.29 is 0 Å². The molecule has 0 fully saturated rings. The maximum atomic E-state index is 2.59. The van der Waals surface area contributed by atoms with Gasteiger partial charge in [-0.3, -0.25) is 4.67 Å². The molecule has 1 nitrogen and oxygen atoms in total. The van der Waals surface area contributed by atoms with Gasteiger partial charge in [0.05, 0.1) is 0 Å². The van der Waals surface area contributed by atoms with Crippen LogP contribution in [0.3, 0.4) is 0 Å². The van der Waals surface area contributed by atoms with Crippen molar-refractivity contribution in [2.24, 2.45) is 0 Å². The Labute approximate surface area is 66.6 Å². The number of hydrogen-bond acceptors (Lipinski definition) is 1. The van der Waals surface area contributed by atoms with Crippen molar-refractivity contribution in [2.45, 2.75) is 27.7 Å². The van der Waals surface area contributed by atoms with Crippen LogP contribution in [0, 0.1) is 0 Å². The van der Waals surface area contributed by atoms with Crippen LogP contribution in [0.1, 0.15) is 27.7 Å². The number of rotatable bonds is 5. The average Bonchev–Trinajstić information content (AvgIpc) is 2.00. The molecule has 0 unspecified atom stereocenters. The van der Waals surface area contributed by atoms with Crippen molar-refractivity contribution in [1.82, 2.24) is 4.67 Å². The number of nitrogens with zero attached hydrogens (tertiary/aromatic N) is 1. The van der Waals surface area contributed by atoms with Gasteiger partial charge in [0.15, 0.2) is 0 Å². The zero-order valence-electron chi connectivity index (χ0n) is 7.72. The van der Waals surface area contributed by atoms with Crippen molar-refractivity contribution in [2.75, 3.05) is 25.4 Å². The molecule has 0 rings (SSSR count). The lowest BCUT2D eigenvalue weighted by molar-refractivity contribution is 0.506. The third-order valence-electron chi connectivity index (χ3n) is 1.86. The summed E-state index contributed by atoms with van der Waals surface area (Å²) in [4.78, 5) is 0. The first-order valence-corrected chi connectivity index (χ1v) is 5.96. The summed E-state index contributed by atoms with van der Waals surface area (Å²) in [7, 11) is 0.213. The van der Waals surface area contributed by atoms with Gasteiger partial charge in [0.1, 0.15) is 0 Å². The summed E-state index contributed by atoms with van der Waals surface area (Å²) in [6.45, 7) is 11.6. The van der Waals surface area contributed by atoms with Gasteiger partial charge in [0.2, 0.25) is 0 Å². The molecule has 0 N–H and O–H groups in total. The highest BCUT2D eigenvalue weighted by atomic mass is 31.1. The molecule has 0 radical (unpaired) electrons. The maximum Gasteiger partial charge on any atom is -0.000766 e. The van der Waals surface area contributed by atoms with Crippen molar-refractivity contribution in [3.63, 3.8) is 0 Å². The first kappa shape index (κ1) is 10.4. The summed E-state index contributed by atoms with van der Waals surface area (Å²) in [6, 6.07) is 0. The van der Waals surface area contributed by atoms with Crippen molar-refractivity contribution >= 4 is 8.07 Å². The third-order valence-corrected chi connectivity index (χ3v) is 4.69. The minimum atomic E-state index is 0.213. The van der Waals surface area contributed by atoms with Crippen LogP contribution in [0.15, 0.2) is 0 Å². The molecule has 0 aliphatic rings. The molecular weight excluding hydrogens is 141 g/mol. The molecule has 10 heavy (non-hydrogen) atoms. The predicted octanol–water partition coefficient (Wildman–Crippen LogP) is 2.76. The lowest BCUT2D eigenvalue weighted by Gasteiger charge is -2.27. The molecule has 0 spiro atoms. The summed E-state index contributed by atoms with van der Waals surface area (Å²) >= 11 is 0.